The predicted octanol–water partition coefficient (Wildman–Crippen LogP) is 4.37. The van der Waals surface area contributed by atoms with E-state index in [1.54, 1.807) is 6.33 Å². The molecule has 2 aromatic carbocycles. The van der Waals surface area contributed by atoms with Crippen LogP contribution in [-0.2, 0) is 16.6 Å². The number of nitrogens with one attached hydrogen (secondary N) is 1. The van der Waals surface area contributed by atoms with E-state index in [2.05, 4.69) is 9.71 Å². The minimum absolute atomic E-state index is 0.00870. The van der Waals surface area contributed by atoms with Crippen LogP contribution in [0.2, 0.25) is 15.1 Å². The standard InChI is InChI=1S/C16H14Cl3N3O2S/c17-11-8-12(18)16(13(19)9-11)25(23,24)21-6-3-7-22-10-20-14-4-1-2-5-15(14)22/h1-2,4-5,8-10,21H,3,6-7H2. The van der Waals surface area contributed by atoms with Crippen LogP contribution < -0.4 is 4.72 Å². The second-order valence-electron chi connectivity index (χ2n) is 5.38. The number of halogens is 3. The van der Waals surface area contributed by atoms with Crippen molar-refractivity contribution < 1.29 is 8.42 Å². The van der Waals surface area contributed by atoms with Gasteiger partial charge in [0, 0.05) is 18.1 Å². The summed E-state index contributed by atoms with van der Waals surface area (Å²) in [4.78, 5) is 4.14. The van der Waals surface area contributed by atoms with E-state index < -0.39 is 10.0 Å². The van der Waals surface area contributed by atoms with E-state index in [-0.39, 0.29) is 26.5 Å². The number of sulfonamides is 1. The molecule has 0 radical (unpaired) electrons. The van der Waals surface area contributed by atoms with Crippen molar-refractivity contribution in [2.24, 2.45) is 0 Å². The number of nitrogens with zero attached hydrogens (tertiary/aromatic N) is 2. The second kappa shape index (κ2) is 7.51. The number of benzene rings is 2. The Balaban J connectivity index is 1.65. The summed E-state index contributed by atoms with van der Waals surface area (Å²) < 4.78 is 29.3. The molecule has 3 rings (SSSR count). The number of aryl methyl sites for hydroxylation is 1. The molecule has 0 atom stereocenters. The number of hydrogen-bond donors (Lipinski definition) is 1. The Labute approximate surface area is 160 Å². The first-order valence-corrected chi connectivity index (χ1v) is 10.0. The fourth-order valence-electron chi connectivity index (χ4n) is 2.50. The topological polar surface area (TPSA) is 64.0 Å². The number of aromatic nitrogens is 2. The Morgan fingerprint density at radius 2 is 1.76 bits per heavy atom. The molecule has 0 saturated heterocycles. The highest BCUT2D eigenvalue weighted by Crippen LogP contribution is 2.32. The van der Waals surface area contributed by atoms with Gasteiger partial charge in [0.15, 0.2) is 0 Å². The maximum atomic E-state index is 12.4. The molecule has 25 heavy (non-hydrogen) atoms. The third kappa shape index (κ3) is 4.10. The van der Waals surface area contributed by atoms with Gasteiger partial charge in [-0.1, -0.05) is 46.9 Å². The zero-order valence-corrected chi connectivity index (χ0v) is 16.0. The largest absolute Gasteiger partial charge is 0.331 e. The first-order chi connectivity index (χ1) is 11.9. The molecule has 0 fully saturated rings. The molecule has 0 unspecified atom stereocenters. The van der Waals surface area contributed by atoms with Crippen molar-refractivity contribution in [1.82, 2.24) is 14.3 Å². The number of imidazole rings is 1. The highest BCUT2D eigenvalue weighted by atomic mass is 35.5. The molecule has 1 aromatic heterocycles. The maximum absolute atomic E-state index is 12.4. The van der Waals surface area contributed by atoms with Gasteiger partial charge in [-0.15, -0.1) is 0 Å². The molecule has 0 amide bonds. The van der Waals surface area contributed by atoms with Crippen LogP contribution in [0.1, 0.15) is 6.42 Å². The molecule has 0 spiro atoms. The van der Waals surface area contributed by atoms with Gasteiger partial charge in [0.05, 0.1) is 27.4 Å². The zero-order valence-electron chi connectivity index (χ0n) is 12.9. The summed E-state index contributed by atoms with van der Waals surface area (Å²) in [5.41, 5.74) is 1.91. The molecule has 0 bridgehead atoms. The SMILES string of the molecule is O=S(=O)(NCCCn1cnc2ccccc21)c1c(Cl)cc(Cl)cc1Cl. The average Bonchev–Trinajstić information content (AvgIpc) is 2.93. The highest BCUT2D eigenvalue weighted by molar-refractivity contribution is 7.89. The van der Waals surface area contributed by atoms with E-state index in [4.69, 9.17) is 34.8 Å². The zero-order chi connectivity index (χ0) is 18.0. The Hall–Kier alpha value is -1.31. The molecule has 0 aliphatic carbocycles. The lowest BCUT2D eigenvalue weighted by atomic mass is 10.3. The van der Waals surface area contributed by atoms with Crippen LogP contribution in [-0.4, -0.2) is 24.5 Å². The summed E-state index contributed by atoms with van der Waals surface area (Å²) in [6, 6.07) is 10.5. The van der Waals surface area contributed by atoms with Crippen molar-refractivity contribution in [3.05, 3.63) is 57.8 Å². The van der Waals surface area contributed by atoms with Crippen LogP contribution in [0, 0.1) is 0 Å². The van der Waals surface area contributed by atoms with Crippen molar-refractivity contribution in [1.29, 1.82) is 0 Å². The van der Waals surface area contributed by atoms with Crippen LogP contribution >= 0.6 is 34.8 Å². The quantitative estimate of drug-likeness (QED) is 0.605. The molecule has 5 nitrogen and oxygen atoms in total. The van der Waals surface area contributed by atoms with E-state index in [0.29, 0.717) is 13.0 Å². The molecular weight excluding hydrogens is 405 g/mol. The number of para-hydroxylation sites is 2. The van der Waals surface area contributed by atoms with Crippen LogP contribution in [0.4, 0.5) is 0 Å². The van der Waals surface area contributed by atoms with Crippen molar-refractivity contribution >= 4 is 55.9 Å². The minimum atomic E-state index is -3.82. The van der Waals surface area contributed by atoms with Gasteiger partial charge in [-0.05, 0) is 30.7 Å². The summed E-state index contributed by atoms with van der Waals surface area (Å²) >= 11 is 17.8. The second-order valence-corrected chi connectivity index (χ2v) is 8.33. The molecule has 132 valence electrons. The highest BCUT2D eigenvalue weighted by Gasteiger charge is 2.22. The summed E-state index contributed by atoms with van der Waals surface area (Å²) in [5.74, 6) is 0. The summed E-state index contributed by atoms with van der Waals surface area (Å²) in [6.07, 6.45) is 2.33. The van der Waals surface area contributed by atoms with Crippen LogP contribution in [0.25, 0.3) is 11.0 Å². The molecule has 0 aliphatic heterocycles. The van der Waals surface area contributed by atoms with Crippen molar-refractivity contribution in [3.63, 3.8) is 0 Å². The van der Waals surface area contributed by atoms with E-state index >= 15 is 0 Å². The van der Waals surface area contributed by atoms with Crippen molar-refractivity contribution in [2.45, 2.75) is 17.9 Å². The molecular formula is C16H14Cl3N3O2S. The van der Waals surface area contributed by atoms with E-state index in [9.17, 15) is 8.42 Å². The molecule has 3 aromatic rings. The number of rotatable bonds is 6. The molecule has 9 heteroatoms. The molecule has 1 N–H and O–H groups in total. The smallest absolute Gasteiger partial charge is 0.243 e. The van der Waals surface area contributed by atoms with Gasteiger partial charge in [0.1, 0.15) is 4.90 Å². The Morgan fingerprint density at radius 3 is 2.48 bits per heavy atom. The first-order valence-electron chi connectivity index (χ1n) is 7.42. The maximum Gasteiger partial charge on any atom is 0.243 e. The fraction of sp³-hybridized carbons (Fsp3) is 0.188. The lowest BCUT2D eigenvalue weighted by Crippen LogP contribution is -2.26. The Morgan fingerprint density at radius 1 is 1.08 bits per heavy atom. The van der Waals surface area contributed by atoms with Crippen molar-refractivity contribution in [2.75, 3.05) is 6.54 Å². The third-order valence-electron chi connectivity index (χ3n) is 3.63. The lowest BCUT2D eigenvalue weighted by Gasteiger charge is -2.11. The number of hydrogen-bond acceptors (Lipinski definition) is 3. The van der Waals surface area contributed by atoms with Crippen molar-refractivity contribution in [3.8, 4) is 0 Å². The predicted molar refractivity (Wildman–Crippen MR) is 101 cm³/mol. The summed E-state index contributed by atoms with van der Waals surface area (Å²) in [6.45, 7) is 0.870. The van der Waals surface area contributed by atoms with E-state index in [0.717, 1.165) is 11.0 Å². The average molecular weight is 419 g/mol. The molecule has 1 heterocycles. The van der Waals surface area contributed by atoms with Gasteiger partial charge in [-0.3, -0.25) is 0 Å². The summed E-state index contributed by atoms with van der Waals surface area (Å²) in [5, 5.41) is 0.261. The van der Waals surface area contributed by atoms with Gasteiger partial charge in [-0.2, -0.15) is 0 Å². The van der Waals surface area contributed by atoms with Gasteiger partial charge in [0.2, 0.25) is 10.0 Å². The number of fused-ring (bicyclic) bond motifs is 1. The monoisotopic (exact) mass is 417 g/mol. The summed E-state index contributed by atoms with van der Waals surface area (Å²) in [7, 11) is -3.82. The molecule has 0 aliphatic rings. The van der Waals surface area contributed by atoms with E-state index in [1.165, 1.54) is 12.1 Å². The fourth-order valence-corrected chi connectivity index (χ4v) is 5.12. The normalized spacial score (nSPS) is 12.0. The van der Waals surface area contributed by atoms with E-state index in [1.807, 2.05) is 28.8 Å². The Kier molecular flexibility index (Phi) is 5.55. The van der Waals surface area contributed by atoms with Gasteiger partial charge in [0.25, 0.3) is 0 Å². The minimum Gasteiger partial charge on any atom is -0.331 e. The third-order valence-corrected chi connectivity index (χ3v) is 6.23. The van der Waals surface area contributed by atoms with Gasteiger partial charge in [-0.25, -0.2) is 18.1 Å². The molecule has 0 saturated carbocycles. The first kappa shape index (κ1) is 18.5. The lowest BCUT2D eigenvalue weighted by molar-refractivity contribution is 0.572. The van der Waals surface area contributed by atoms with Gasteiger partial charge >= 0.3 is 0 Å². The van der Waals surface area contributed by atoms with Crippen LogP contribution in [0.15, 0.2) is 47.6 Å². The van der Waals surface area contributed by atoms with Gasteiger partial charge < -0.3 is 4.57 Å². The Bertz CT molecular complexity index is 995. The van der Waals surface area contributed by atoms with Crippen LogP contribution in [0.3, 0.4) is 0 Å². The van der Waals surface area contributed by atoms with Crippen LogP contribution in [0.5, 0.6) is 0 Å².